The highest BCUT2D eigenvalue weighted by Crippen LogP contribution is 2.63. The minimum Gasteiger partial charge on any atom is -0.397 e. The van der Waals surface area contributed by atoms with Crippen molar-refractivity contribution < 1.29 is 0 Å². The highest BCUT2D eigenvalue weighted by Gasteiger charge is 2.57. The standard InChI is InChI=1S/C15H24N2/c1-13(2)9-7-8-10(16)12(17)11(9)14(3,4)15(13,5)6/h7-8H,16-17H2,1-6H3. The highest BCUT2D eigenvalue weighted by molar-refractivity contribution is 5.74. The van der Waals surface area contributed by atoms with Crippen LogP contribution in [-0.2, 0) is 10.8 Å². The third-order valence-corrected chi connectivity index (χ3v) is 5.70. The van der Waals surface area contributed by atoms with Gasteiger partial charge in [0.05, 0.1) is 11.4 Å². The second kappa shape index (κ2) is 2.98. The number of anilines is 2. The molecule has 0 fully saturated rings. The molecule has 0 spiro atoms. The zero-order valence-corrected chi connectivity index (χ0v) is 11.8. The molecule has 0 radical (unpaired) electrons. The van der Waals surface area contributed by atoms with Crippen molar-refractivity contribution in [3.05, 3.63) is 23.3 Å². The Hall–Kier alpha value is -1.18. The fraction of sp³-hybridized carbons (Fsp3) is 0.600. The molecule has 0 unspecified atom stereocenters. The summed E-state index contributed by atoms with van der Waals surface area (Å²) in [6.07, 6.45) is 0. The first-order valence-corrected chi connectivity index (χ1v) is 6.24. The summed E-state index contributed by atoms with van der Waals surface area (Å²) in [6.45, 7) is 13.8. The molecular formula is C15H24N2. The Labute approximate surface area is 104 Å². The van der Waals surface area contributed by atoms with Crippen LogP contribution in [-0.4, -0.2) is 0 Å². The summed E-state index contributed by atoms with van der Waals surface area (Å²) in [6, 6.07) is 4.09. The van der Waals surface area contributed by atoms with E-state index >= 15 is 0 Å². The highest BCUT2D eigenvalue weighted by atomic mass is 14.7. The van der Waals surface area contributed by atoms with Crippen LogP contribution in [0.2, 0.25) is 0 Å². The fourth-order valence-corrected chi connectivity index (χ4v) is 3.26. The molecule has 0 saturated heterocycles. The number of hydrogen-bond donors (Lipinski definition) is 2. The molecule has 2 rings (SSSR count). The largest absolute Gasteiger partial charge is 0.397 e. The Bertz CT molecular complexity index is 482. The maximum absolute atomic E-state index is 6.23. The second-order valence-corrected chi connectivity index (χ2v) is 6.87. The number of benzene rings is 1. The van der Waals surface area contributed by atoms with E-state index in [0.29, 0.717) is 5.69 Å². The average Bonchev–Trinajstić information content (AvgIpc) is 2.29. The van der Waals surface area contributed by atoms with Crippen LogP contribution in [0.25, 0.3) is 0 Å². The van der Waals surface area contributed by atoms with Crippen molar-refractivity contribution in [3.8, 4) is 0 Å². The lowest BCUT2D eigenvalue weighted by Gasteiger charge is -2.44. The van der Waals surface area contributed by atoms with Gasteiger partial charge in [0.25, 0.3) is 0 Å². The molecule has 0 aliphatic heterocycles. The quantitative estimate of drug-likeness (QED) is 0.673. The number of rotatable bonds is 0. The van der Waals surface area contributed by atoms with Crippen molar-refractivity contribution in [1.82, 2.24) is 0 Å². The van der Waals surface area contributed by atoms with E-state index in [0.717, 1.165) is 5.69 Å². The molecule has 17 heavy (non-hydrogen) atoms. The third kappa shape index (κ3) is 1.16. The van der Waals surface area contributed by atoms with E-state index in [1.54, 1.807) is 0 Å². The van der Waals surface area contributed by atoms with Crippen LogP contribution in [0.15, 0.2) is 12.1 Å². The van der Waals surface area contributed by atoms with Crippen molar-refractivity contribution in [2.75, 3.05) is 11.5 Å². The molecule has 0 heterocycles. The Balaban J connectivity index is 2.88. The minimum absolute atomic E-state index is 0.0330. The smallest absolute Gasteiger partial charge is 0.0589 e. The molecule has 0 aromatic heterocycles. The molecule has 94 valence electrons. The van der Waals surface area contributed by atoms with Gasteiger partial charge >= 0.3 is 0 Å². The molecule has 1 aromatic carbocycles. The molecule has 1 aliphatic carbocycles. The minimum atomic E-state index is 0.0330. The maximum Gasteiger partial charge on any atom is 0.0589 e. The molecule has 0 amide bonds. The van der Waals surface area contributed by atoms with Gasteiger partial charge in [-0.1, -0.05) is 47.6 Å². The SMILES string of the molecule is CC1(C)c2ccc(N)c(N)c2C(C)(C)C1(C)C. The van der Waals surface area contributed by atoms with E-state index in [4.69, 9.17) is 11.5 Å². The summed E-state index contributed by atoms with van der Waals surface area (Å²) in [4.78, 5) is 0. The Morgan fingerprint density at radius 2 is 1.35 bits per heavy atom. The van der Waals surface area contributed by atoms with Gasteiger partial charge in [-0.3, -0.25) is 0 Å². The predicted molar refractivity (Wildman–Crippen MR) is 75.1 cm³/mol. The van der Waals surface area contributed by atoms with E-state index in [-0.39, 0.29) is 16.2 Å². The molecule has 0 saturated carbocycles. The summed E-state index contributed by atoms with van der Waals surface area (Å²) in [7, 11) is 0. The first kappa shape index (κ1) is 12.3. The number of hydrogen-bond acceptors (Lipinski definition) is 2. The van der Waals surface area contributed by atoms with Crippen molar-refractivity contribution >= 4 is 11.4 Å². The summed E-state index contributed by atoms with van der Waals surface area (Å²) in [5, 5.41) is 0. The lowest BCUT2D eigenvalue weighted by atomic mass is 9.59. The molecular weight excluding hydrogens is 208 g/mol. The summed E-state index contributed by atoms with van der Waals surface area (Å²) < 4.78 is 0. The molecule has 1 aliphatic rings. The molecule has 0 atom stereocenters. The van der Waals surface area contributed by atoms with E-state index in [1.165, 1.54) is 11.1 Å². The Morgan fingerprint density at radius 1 is 0.824 bits per heavy atom. The average molecular weight is 232 g/mol. The molecule has 1 aromatic rings. The van der Waals surface area contributed by atoms with Crippen LogP contribution < -0.4 is 11.5 Å². The van der Waals surface area contributed by atoms with E-state index in [2.05, 4.69) is 47.6 Å². The number of fused-ring (bicyclic) bond motifs is 1. The topological polar surface area (TPSA) is 52.0 Å². The normalized spacial score (nSPS) is 23.4. The van der Waals surface area contributed by atoms with E-state index in [1.807, 2.05) is 6.07 Å². The van der Waals surface area contributed by atoms with Gasteiger partial charge in [0, 0.05) is 0 Å². The van der Waals surface area contributed by atoms with Gasteiger partial charge in [-0.15, -0.1) is 0 Å². The Morgan fingerprint density at radius 3 is 1.88 bits per heavy atom. The summed E-state index contributed by atoms with van der Waals surface area (Å²) in [5.74, 6) is 0. The van der Waals surface area contributed by atoms with Crippen LogP contribution in [0.5, 0.6) is 0 Å². The van der Waals surface area contributed by atoms with Gasteiger partial charge in [0.2, 0.25) is 0 Å². The van der Waals surface area contributed by atoms with Crippen LogP contribution in [0, 0.1) is 5.41 Å². The fourth-order valence-electron chi connectivity index (χ4n) is 3.26. The first-order valence-electron chi connectivity index (χ1n) is 6.24. The first-order chi connectivity index (χ1) is 7.55. The van der Waals surface area contributed by atoms with Crippen molar-refractivity contribution in [1.29, 1.82) is 0 Å². The summed E-state index contributed by atoms with van der Waals surface area (Å²) >= 11 is 0. The predicted octanol–water partition coefficient (Wildman–Crippen LogP) is 3.45. The molecule has 0 bridgehead atoms. The van der Waals surface area contributed by atoms with Gasteiger partial charge in [-0.2, -0.15) is 0 Å². The maximum atomic E-state index is 6.23. The zero-order chi connectivity index (χ0) is 13.2. The molecule has 2 heteroatoms. The van der Waals surface area contributed by atoms with Crippen molar-refractivity contribution in [2.24, 2.45) is 5.41 Å². The number of nitrogens with two attached hydrogens (primary N) is 2. The number of nitrogen functional groups attached to an aromatic ring is 2. The van der Waals surface area contributed by atoms with Crippen molar-refractivity contribution in [3.63, 3.8) is 0 Å². The summed E-state index contributed by atoms with van der Waals surface area (Å²) in [5.41, 5.74) is 16.5. The van der Waals surface area contributed by atoms with Crippen LogP contribution in [0.1, 0.15) is 52.7 Å². The van der Waals surface area contributed by atoms with E-state index < -0.39 is 0 Å². The van der Waals surface area contributed by atoms with Crippen molar-refractivity contribution in [2.45, 2.75) is 52.4 Å². The molecule has 4 N–H and O–H groups in total. The van der Waals surface area contributed by atoms with Crippen LogP contribution in [0.3, 0.4) is 0 Å². The molecule has 2 nitrogen and oxygen atoms in total. The lowest BCUT2D eigenvalue weighted by Crippen LogP contribution is -2.42. The third-order valence-electron chi connectivity index (χ3n) is 5.70. The Kier molecular flexibility index (Phi) is 2.15. The van der Waals surface area contributed by atoms with Crippen LogP contribution in [0.4, 0.5) is 11.4 Å². The van der Waals surface area contributed by atoms with Gasteiger partial charge < -0.3 is 11.5 Å². The van der Waals surface area contributed by atoms with Gasteiger partial charge in [0.1, 0.15) is 0 Å². The monoisotopic (exact) mass is 232 g/mol. The van der Waals surface area contributed by atoms with Gasteiger partial charge in [-0.05, 0) is 33.4 Å². The second-order valence-electron chi connectivity index (χ2n) is 6.87. The lowest BCUT2D eigenvalue weighted by molar-refractivity contribution is 0.125. The zero-order valence-electron chi connectivity index (χ0n) is 11.8. The van der Waals surface area contributed by atoms with Gasteiger partial charge in [0.15, 0.2) is 0 Å². The van der Waals surface area contributed by atoms with Gasteiger partial charge in [-0.25, -0.2) is 0 Å². The van der Waals surface area contributed by atoms with E-state index in [9.17, 15) is 0 Å². The van der Waals surface area contributed by atoms with Crippen LogP contribution >= 0.6 is 0 Å².